The SMILES string of the molecule is O=C(CBr)c1ccc(S(=O)(=O)Nc2ccc(OC(F)(F)F)cc2)cc1. The first-order chi connectivity index (χ1) is 11.6. The monoisotopic (exact) mass is 437 g/mol. The van der Waals surface area contributed by atoms with Crippen LogP contribution < -0.4 is 9.46 Å². The molecule has 0 bridgehead atoms. The summed E-state index contributed by atoms with van der Waals surface area (Å²) in [6.45, 7) is 0. The van der Waals surface area contributed by atoms with Crippen molar-refractivity contribution < 1.29 is 31.1 Å². The molecule has 0 aliphatic heterocycles. The Morgan fingerprint density at radius 2 is 1.60 bits per heavy atom. The number of carbonyl (C=O) groups is 1. The molecule has 0 aromatic heterocycles. The van der Waals surface area contributed by atoms with Gasteiger partial charge in [-0.05, 0) is 36.4 Å². The van der Waals surface area contributed by atoms with Crippen LogP contribution in [0.25, 0.3) is 0 Å². The number of sulfonamides is 1. The van der Waals surface area contributed by atoms with Crippen LogP contribution in [0.15, 0.2) is 53.4 Å². The lowest BCUT2D eigenvalue weighted by Gasteiger charge is -2.11. The molecule has 0 heterocycles. The summed E-state index contributed by atoms with van der Waals surface area (Å²) in [6, 6.07) is 9.53. The Bertz CT molecular complexity index is 850. The van der Waals surface area contributed by atoms with E-state index in [1.807, 2.05) is 0 Å². The molecule has 0 aliphatic carbocycles. The molecule has 2 aromatic rings. The first-order valence-corrected chi connectivity index (χ1v) is 9.29. The Balaban J connectivity index is 2.14. The van der Waals surface area contributed by atoms with Crippen molar-refractivity contribution in [2.45, 2.75) is 11.3 Å². The fourth-order valence-corrected chi connectivity index (χ4v) is 3.22. The second kappa shape index (κ2) is 7.44. The molecule has 5 nitrogen and oxygen atoms in total. The highest BCUT2D eigenvalue weighted by molar-refractivity contribution is 9.09. The molecule has 10 heteroatoms. The van der Waals surface area contributed by atoms with Crippen molar-refractivity contribution in [1.29, 1.82) is 0 Å². The van der Waals surface area contributed by atoms with Crippen LogP contribution in [0.2, 0.25) is 0 Å². The molecule has 0 radical (unpaired) electrons. The minimum Gasteiger partial charge on any atom is -0.406 e. The Labute approximate surface area is 150 Å². The number of halogens is 4. The summed E-state index contributed by atoms with van der Waals surface area (Å²) in [5.41, 5.74) is 0.416. The van der Waals surface area contributed by atoms with E-state index >= 15 is 0 Å². The van der Waals surface area contributed by atoms with Gasteiger partial charge in [-0.15, -0.1) is 13.2 Å². The zero-order chi connectivity index (χ0) is 18.7. The second-order valence-corrected chi connectivity index (χ2v) is 7.00. The third-order valence-corrected chi connectivity index (χ3v) is 4.85. The number of Topliss-reactive ketones (excluding diaryl/α,β-unsaturated/α-hetero) is 1. The number of hydrogen-bond acceptors (Lipinski definition) is 4. The number of carbonyl (C=O) groups excluding carboxylic acids is 1. The number of benzene rings is 2. The van der Waals surface area contributed by atoms with Crippen LogP contribution in [0.5, 0.6) is 5.75 Å². The number of alkyl halides is 4. The Morgan fingerprint density at radius 1 is 1.04 bits per heavy atom. The molecule has 0 amide bonds. The van der Waals surface area contributed by atoms with Crippen molar-refractivity contribution >= 4 is 37.4 Å². The Kier molecular flexibility index (Phi) is 5.73. The van der Waals surface area contributed by atoms with Gasteiger partial charge in [0.05, 0.1) is 10.2 Å². The predicted molar refractivity (Wildman–Crippen MR) is 88.5 cm³/mol. The standard InChI is InChI=1S/C15H11BrF3NO4S/c16-9-14(21)10-1-7-13(8-2-10)25(22,23)20-11-3-5-12(6-4-11)24-15(17,18)19/h1-8,20H,9H2. The number of nitrogens with one attached hydrogen (secondary N) is 1. The van der Waals surface area contributed by atoms with Crippen molar-refractivity contribution in [2.75, 3.05) is 10.1 Å². The number of ether oxygens (including phenoxy) is 1. The molecule has 0 saturated carbocycles. The minimum absolute atomic E-state index is 0.0649. The molecule has 0 aliphatic rings. The summed E-state index contributed by atoms with van der Waals surface area (Å²) < 4.78 is 66.7. The number of ketones is 1. The van der Waals surface area contributed by atoms with E-state index in [-0.39, 0.29) is 21.7 Å². The molecule has 2 aromatic carbocycles. The fourth-order valence-electron chi connectivity index (χ4n) is 1.84. The average molecular weight is 438 g/mol. The van der Waals surface area contributed by atoms with Crippen LogP contribution in [-0.2, 0) is 10.0 Å². The van der Waals surface area contributed by atoms with Crippen LogP contribution in [-0.4, -0.2) is 25.9 Å². The molecule has 25 heavy (non-hydrogen) atoms. The highest BCUT2D eigenvalue weighted by atomic mass is 79.9. The van der Waals surface area contributed by atoms with E-state index in [0.29, 0.717) is 5.56 Å². The van der Waals surface area contributed by atoms with Gasteiger partial charge in [-0.1, -0.05) is 28.1 Å². The Morgan fingerprint density at radius 3 is 2.08 bits per heavy atom. The van der Waals surface area contributed by atoms with Crippen molar-refractivity contribution in [1.82, 2.24) is 0 Å². The number of hydrogen-bond donors (Lipinski definition) is 1. The molecule has 0 atom stereocenters. The smallest absolute Gasteiger partial charge is 0.406 e. The fraction of sp³-hybridized carbons (Fsp3) is 0.133. The van der Waals surface area contributed by atoms with E-state index in [1.54, 1.807) is 0 Å². The van der Waals surface area contributed by atoms with Crippen LogP contribution in [0, 0.1) is 0 Å². The lowest BCUT2D eigenvalue weighted by molar-refractivity contribution is -0.274. The normalized spacial score (nSPS) is 11.8. The summed E-state index contributed by atoms with van der Waals surface area (Å²) in [5.74, 6) is -0.662. The number of rotatable bonds is 6. The van der Waals surface area contributed by atoms with Crippen molar-refractivity contribution in [3.63, 3.8) is 0 Å². The molecule has 0 fully saturated rings. The minimum atomic E-state index is -4.82. The maximum Gasteiger partial charge on any atom is 0.573 e. The molecule has 0 unspecified atom stereocenters. The third kappa shape index (κ3) is 5.46. The van der Waals surface area contributed by atoms with E-state index in [0.717, 1.165) is 24.3 Å². The van der Waals surface area contributed by atoms with E-state index in [9.17, 15) is 26.4 Å². The predicted octanol–water partition coefficient (Wildman–Crippen LogP) is 3.96. The van der Waals surface area contributed by atoms with Crippen LogP contribution in [0.3, 0.4) is 0 Å². The molecule has 2 rings (SSSR count). The van der Waals surface area contributed by atoms with E-state index in [4.69, 9.17) is 0 Å². The maximum atomic E-state index is 12.2. The Hall–Kier alpha value is -2.07. The third-order valence-electron chi connectivity index (χ3n) is 2.95. The molecule has 0 spiro atoms. The van der Waals surface area contributed by atoms with Gasteiger partial charge in [-0.25, -0.2) is 8.42 Å². The zero-order valence-corrected chi connectivity index (χ0v) is 14.8. The maximum absolute atomic E-state index is 12.2. The van der Waals surface area contributed by atoms with Gasteiger partial charge >= 0.3 is 6.36 Å². The summed E-state index contributed by atoms with van der Waals surface area (Å²) in [6.07, 6.45) is -4.82. The zero-order valence-electron chi connectivity index (χ0n) is 12.4. The highest BCUT2D eigenvalue weighted by Crippen LogP contribution is 2.25. The van der Waals surface area contributed by atoms with Gasteiger partial charge in [-0.2, -0.15) is 0 Å². The van der Waals surface area contributed by atoms with Gasteiger partial charge in [0, 0.05) is 11.3 Å². The van der Waals surface area contributed by atoms with Gasteiger partial charge in [0.25, 0.3) is 10.0 Å². The molecule has 1 N–H and O–H groups in total. The molecule has 0 saturated heterocycles. The number of anilines is 1. The van der Waals surface area contributed by atoms with Crippen molar-refractivity contribution in [3.05, 3.63) is 54.1 Å². The average Bonchev–Trinajstić information content (AvgIpc) is 2.54. The van der Waals surface area contributed by atoms with E-state index < -0.39 is 22.1 Å². The van der Waals surface area contributed by atoms with E-state index in [1.165, 1.54) is 24.3 Å². The summed E-state index contributed by atoms with van der Waals surface area (Å²) >= 11 is 3.02. The van der Waals surface area contributed by atoms with Crippen molar-refractivity contribution in [3.8, 4) is 5.75 Å². The van der Waals surface area contributed by atoms with Crippen LogP contribution in [0.1, 0.15) is 10.4 Å². The lowest BCUT2D eigenvalue weighted by Crippen LogP contribution is -2.17. The van der Waals surface area contributed by atoms with E-state index in [2.05, 4.69) is 25.4 Å². The van der Waals surface area contributed by atoms with Crippen molar-refractivity contribution in [2.24, 2.45) is 0 Å². The quantitative estimate of drug-likeness (QED) is 0.548. The van der Waals surface area contributed by atoms with Gasteiger partial charge in [0.2, 0.25) is 0 Å². The lowest BCUT2D eigenvalue weighted by atomic mass is 10.2. The first-order valence-electron chi connectivity index (χ1n) is 6.68. The summed E-state index contributed by atoms with van der Waals surface area (Å²) in [5, 5.41) is 0.115. The topological polar surface area (TPSA) is 72.5 Å². The van der Waals surface area contributed by atoms with Crippen LogP contribution >= 0.6 is 15.9 Å². The van der Waals surface area contributed by atoms with Gasteiger partial charge in [-0.3, -0.25) is 9.52 Å². The second-order valence-electron chi connectivity index (χ2n) is 4.76. The summed E-state index contributed by atoms with van der Waals surface area (Å²) in [7, 11) is -3.95. The largest absolute Gasteiger partial charge is 0.573 e. The van der Waals surface area contributed by atoms with Crippen LogP contribution in [0.4, 0.5) is 18.9 Å². The molecular weight excluding hydrogens is 427 g/mol. The van der Waals surface area contributed by atoms with Gasteiger partial charge in [0.15, 0.2) is 5.78 Å². The highest BCUT2D eigenvalue weighted by Gasteiger charge is 2.31. The first kappa shape index (κ1) is 19.3. The molecule has 134 valence electrons. The molecular formula is C15H11BrF3NO4S. The van der Waals surface area contributed by atoms with Gasteiger partial charge < -0.3 is 4.74 Å². The van der Waals surface area contributed by atoms with Gasteiger partial charge in [0.1, 0.15) is 5.75 Å². The summed E-state index contributed by atoms with van der Waals surface area (Å²) in [4.78, 5) is 11.4.